The molecule has 1 aromatic rings. The Morgan fingerprint density at radius 2 is 1.33 bits per heavy atom. The number of aryl methyl sites for hydroxylation is 1. The van der Waals surface area contributed by atoms with Gasteiger partial charge in [0.05, 0.1) is 26.4 Å². The number of rotatable bonds is 23. The topological polar surface area (TPSA) is 103 Å². The molecule has 39 heavy (non-hydrogen) atoms. The van der Waals surface area contributed by atoms with Gasteiger partial charge in [0.15, 0.2) is 5.40 Å². The molecule has 0 unspecified atom stereocenters. The van der Waals surface area contributed by atoms with Crippen molar-refractivity contribution in [2.75, 3.05) is 62.7 Å². The number of carbonyl (C=O) groups is 1. The molecule has 0 heterocycles. The van der Waals surface area contributed by atoms with Crippen LogP contribution in [0, 0.1) is 0 Å². The third-order valence-corrected chi connectivity index (χ3v) is 12.3. The maximum Gasteiger partial charge on any atom is 0.345 e. The highest BCUT2D eigenvalue weighted by Gasteiger charge is 2.50. The van der Waals surface area contributed by atoms with Gasteiger partial charge in [-0.25, -0.2) is 0 Å². The van der Waals surface area contributed by atoms with Gasteiger partial charge in [-0.2, -0.15) is 0 Å². The van der Waals surface area contributed by atoms with Gasteiger partial charge in [-0.05, 0) is 71.1 Å². The maximum absolute atomic E-state index is 13.6. The normalized spacial score (nSPS) is 12.2. The molecule has 1 aromatic carbocycles. The van der Waals surface area contributed by atoms with Gasteiger partial charge in [0.2, 0.25) is 5.91 Å². The molecule has 0 spiro atoms. The Hall–Kier alpha value is -0.630. The number of nitrogens with one attached hydrogen (secondary N) is 1. The predicted molar refractivity (Wildman–Crippen MR) is 161 cm³/mol. The molecule has 0 bridgehead atoms. The van der Waals surface area contributed by atoms with Crippen LogP contribution < -0.4 is 10.2 Å². The van der Waals surface area contributed by atoms with Crippen LogP contribution in [0.25, 0.3) is 0 Å². The van der Waals surface area contributed by atoms with Crippen LogP contribution in [0.15, 0.2) is 24.3 Å². The van der Waals surface area contributed by atoms with E-state index < -0.39 is 20.6 Å². The summed E-state index contributed by atoms with van der Waals surface area (Å²) in [7, 11) is -7.57. The SMILES string of the molecule is CCOP(=O)(OCC)C(CCCNC(=O)CCCc1ccc(N(CCCl)CCCl)cc1)P(=O)(OCC)OCC. The molecule has 0 fully saturated rings. The summed E-state index contributed by atoms with van der Waals surface area (Å²) in [4.78, 5) is 14.6. The van der Waals surface area contributed by atoms with Crippen molar-refractivity contribution in [3.63, 3.8) is 0 Å². The van der Waals surface area contributed by atoms with Crippen molar-refractivity contribution < 1.29 is 32.0 Å². The molecule has 9 nitrogen and oxygen atoms in total. The lowest BCUT2D eigenvalue weighted by Crippen LogP contribution is -2.27. The van der Waals surface area contributed by atoms with E-state index in [1.807, 2.05) is 0 Å². The minimum Gasteiger partial charge on any atom is -0.369 e. The van der Waals surface area contributed by atoms with E-state index in [1.54, 1.807) is 27.7 Å². The number of alkyl halides is 2. The van der Waals surface area contributed by atoms with Gasteiger partial charge in [-0.1, -0.05) is 12.1 Å². The van der Waals surface area contributed by atoms with Crippen molar-refractivity contribution in [2.45, 2.75) is 65.2 Å². The number of carbonyl (C=O) groups excluding carboxylic acids is 1. The Kier molecular flexibility index (Phi) is 18.9. The van der Waals surface area contributed by atoms with E-state index >= 15 is 0 Å². The largest absolute Gasteiger partial charge is 0.369 e. The summed E-state index contributed by atoms with van der Waals surface area (Å²) in [6.45, 7) is 9.10. The number of nitrogens with zero attached hydrogens (tertiary/aromatic N) is 1. The van der Waals surface area contributed by atoms with Gasteiger partial charge in [0, 0.05) is 43.5 Å². The second kappa shape index (κ2) is 20.3. The average molecular weight is 632 g/mol. The predicted octanol–water partition coefficient (Wildman–Crippen LogP) is 7.05. The molecular formula is C26H46Cl2N2O7P2. The minimum absolute atomic E-state index is 0.0748. The van der Waals surface area contributed by atoms with Crippen LogP contribution in [0.4, 0.5) is 5.69 Å². The molecule has 1 rings (SSSR count). The highest BCUT2D eigenvalue weighted by Crippen LogP contribution is 2.71. The van der Waals surface area contributed by atoms with Crippen LogP contribution in [0.1, 0.15) is 58.9 Å². The van der Waals surface area contributed by atoms with Gasteiger partial charge in [0.25, 0.3) is 0 Å². The summed E-state index contributed by atoms with van der Waals surface area (Å²) in [5.74, 6) is 0.991. The van der Waals surface area contributed by atoms with Crippen LogP contribution in [0.3, 0.4) is 0 Å². The van der Waals surface area contributed by atoms with E-state index in [0.717, 1.165) is 30.8 Å². The quantitative estimate of drug-likeness (QED) is 0.0779. The Morgan fingerprint density at radius 3 is 1.77 bits per heavy atom. The minimum atomic E-state index is -3.79. The zero-order valence-corrected chi connectivity index (χ0v) is 27.0. The molecule has 1 amide bonds. The summed E-state index contributed by atoms with van der Waals surface area (Å²) in [5.41, 5.74) is 2.23. The first-order chi connectivity index (χ1) is 18.7. The Morgan fingerprint density at radius 1 is 0.846 bits per heavy atom. The lowest BCUT2D eigenvalue weighted by Gasteiger charge is -2.31. The highest BCUT2D eigenvalue weighted by molar-refractivity contribution is 7.72. The van der Waals surface area contributed by atoms with Crippen LogP contribution in [0.2, 0.25) is 0 Å². The van der Waals surface area contributed by atoms with Crippen molar-refractivity contribution in [1.29, 1.82) is 0 Å². The maximum atomic E-state index is 13.6. The summed E-state index contributed by atoms with van der Waals surface area (Å²) in [6, 6.07) is 8.23. The summed E-state index contributed by atoms with van der Waals surface area (Å²) >= 11 is 11.8. The number of benzene rings is 1. The van der Waals surface area contributed by atoms with Crippen molar-refractivity contribution >= 4 is 50.0 Å². The van der Waals surface area contributed by atoms with Gasteiger partial charge in [-0.15, -0.1) is 23.2 Å². The van der Waals surface area contributed by atoms with Crippen LogP contribution in [0.5, 0.6) is 0 Å². The number of hydrogen-bond donors (Lipinski definition) is 1. The third kappa shape index (κ3) is 12.8. The van der Waals surface area contributed by atoms with E-state index in [-0.39, 0.29) is 38.8 Å². The van der Waals surface area contributed by atoms with Crippen molar-refractivity contribution in [3.05, 3.63) is 29.8 Å². The van der Waals surface area contributed by atoms with E-state index in [9.17, 15) is 13.9 Å². The van der Waals surface area contributed by atoms with E-state index in [1.165, 1.54) is 0 Å². The third-order valence-electron chi connectivity index (χ3n) is 5.81. The second-order valence-corrected chi connectivity index (χ2v) is 14.2. The summed E-state index contributed by atoms with van der Waals surface area (Å²) in [5, 5.41) is 1.82. The lowest BCUT2D eigenvalue weighted by molar-refractivity contribution is -0.121. The van der Waals surface area contributed by atoms with Crippen molar-refractivity contribution in [3.8, 4) is 0 Å². The summed E-state index contributed by atoms with van der Waals surface area (Å²) < 4.78 is 49.1. The average Bonchev–Trinajstić information content (AvgIpc) is 2.89. The monoisotopic (exact) mass is 630 g/mol. The van der Waals surface area contributed by atoms with Crippen molar-refractivity contribution in [1.82, 2.24) is 5.32 Å². The van der Waals surface area contributed by atoms with E-state index in [0.29, 0.717) is 37.6 Å². The fraction of sp³-hybridized carbons (Fsp3) is 0.731. The fourth-order valence-corrected chi connectivity index (χ4v) is 10.00. The molecule has 0 aliphatic heterocycles. The molecule has 13 heteroatoms. The first kappa shape index (κ1) is 36.4. The van der Waals surface area contributed by atoms with Crippen LogP contribution in [-0.2, 0) is 38.4 Å². The van der Waals surface area contributed by atoms with Gasteiger partial charge >= 0.3 is 15.2 Å². The molecule has 0 aromatic heterocycles. The smallest absolute Gasteiger partial charge is 0.345 e. The number of hydrogen-bond acceptors (Lipinski definition) is 8. The Balaban J connectivity index is 2.63. The van der Waals surface area contributed by atoms with Gasteiger partial charge in [0.1, 0.15) is 0 Å². The summed E-state index contributed by atoms with van der Waals surface area (Å²) in [6.07, 6.45) is 2.45. The molecule has 1 N–H and O–H groups in total. The fourth-order valence-electron chi connectivity index (χ4n) is 4.13. The molecule has 0 aliphatic rings. The molecule has 0 radical (unpaired) electrons. The van der Waals surface area contributed by atoms with Gasteiger partial charge < -0.3 is 28.3 Å². The van der Waals surface area contributed by atoms with Crippen LogP contribution >= 0.6 is 38.4 Å². The van der Waals surface area contributed by atoms with E-state index in [4.69, 9.17) is 41.3 Å². The number of halogens is 2. The van der Waals surface area contributed by atoms with E-state index in [2.05, 4.69) is 34.5 Å². The zero-order valence-electron chi connectivity index (χ0n) is 23.7. The molecule has 0 saturated heterocycles. The molecule has 226 valence electrons. The van der Waals surface area contributed by atoms with Crippen molar-refractivity contribution in [2.24, 2.45) is 0 Å². The first-order valence-corrected chi connectivity index (χ1v) is 18.0. The lowest BCUT2D eigenvalue weighted by atomic mass is 10.1. The zero-order chi connectivity index (χ0) is 29.2. The molecular weight excluding hydrogens is 585 g/mol. The second-order valence-electron chi connectivity index (χ2n) is 8.61. The van der Waals surface area contributed by atoms with Crippen LogP contribution in [-0.4, -0.2) is 69.1 Å². The Bertz CT molecular complexity index is 853. The number of anilines is 1. The Labute approximate surface area is 244 Å². The molecule has 0 aliphatic carbocycles. The highest BCUT2D eigenvalue weighted by atomic mass is 35.5. The molecule has 0 saturated carbocycles. The van der Waals surface area contributed by atoms with Gasteiger partial charge in [-0.3, -0.25) is 13.9 Å². The number of amides is 1. The molecule has 0 atom stereocenters. The first-order valence-electron chi connectivity index (χ1n) is 13.7. The standard InChI is InChI=1S/C26H46Cl2N2O7P2/c1-5-34-38(32,35-6-2)26(39(33,36-7-3)37-8-4)13-10-20-29-25(31)12-9-11-23-14-16-24(17-15-23)30(21-18-27)22-19-28/h14-17,26H,5-13,18-22H2,1-4H3,(H,29,31).